The predicted molar refractivity (Wildman–Crippen MR) is 92.2 cm³/mol. The summed E-state index contributed by atoms with van der Waals surface area (Å²) in [4.78, 5) is 4.79. The van der Waals surface area contributed by atoms with E-state index in [0.717, 1.165) is 30.2 Å². The molecular weight excluding hydrogens is 280 g/mol. The lowest BCUT2D eigenvalue weighted by molar-refractivity contribution is 0.390. The van der Waals surface area contributed by atoms with Crippen LogP contribution in [0.1, 0.15) is 50.9 Å². The number of unbranched alkanes of at least 4 members (excludes halogenated alkanes) is 1. The molecule has 0 radical (unpaired) electrons. The molecule has 1 heterocycles. The third-order valence-electron chi connectivity index (χ3n) is 4.28. The fourth-order valence-electron chi connectivity index (χ4n) is 2.94. The van der Waals surface area contributed by atoms with E-state index >= 15 is 0 Å². The molecule has 0 fully saturated rings. The summed E-state index contributed by atoms with van der Waals surface area (Å²) >= 11 is 5.97. The first-order valence-corrected chi connectivity index (χ1v) is 8.74. The summed E-state index contributed by atoms with van der Waals surface area (Å²) in [6.45, 7) is 7.78. The molecule has 2 nitrogen and oxygen atoms in total. The van der Waals surface area contributed by atoms with E-state index in [4.69, 9.17) is 16.6 Å². The van der Waals surface area contributed by atoms with Crippen molar-refractivity contribution in [2.24, 2.45) is 5.92 Å². The van der Waals surface area contributed by atoms with E-state index in [0.29, 0.717) is 5.88 Å². The molecule has 0 amide bonds. The normalized spacial score (nSPS) is 13.0. The van der Waals surface area contributed by atoms with Gasteiger partial charge in [0.1, 0.15) is 5.82 Å². The van der Waals surface area contributed by atoms with Crippen molar-refractivity contribution in [2.45, 2.75) is 59.4 Å². The van der Waals surface area contributed by atoms with Crippen LogP contribution in [0.15, 0.2) is 18.2 Å². The molecule has 2 aromatic rings. The lowest BCUT2D eigenvalue weighted by Gasteiger charge is -2.18. The molecule has 21 heavy (non-hydrogen) atoms. The van der Waals surface area contributed by atoms with Crippen molar-refractivity contribution in [1.29, 1.82) is 0 Å². The average Bonchev–Trinajstić information content (AvgIpc) is 2.81. The predicted octanol–water partition coefficient (Wildman–Crippen LogP) is 5.34. The summed E-state index contributed by atoms with van der Waals surface area (Å²) in [6, 6.07) is 6.52. The summed E-state index contributed by atoms with van der Waals surface area (Å²) in [6.07, 6.45) is 5.97. The number of aryl methyl sites for hydroxylation is 2. The van der Waals surface area contributed by atoms with Gasteiger partial charge in [-0.1, -0.05) is 39.2 Å². The fraction of sp³-hybridized carbons (Fsp3) is 0.611. The molecular formula is C18H27ClN2. The van der Waals surface area contributed by atoms with Gasteiger partial charge >= 0.3 is 0 Å². The first-order valence-electron chi connectivity index (χ1n) is 8.21. The van der Waals surface area contributed by atoms with Crippen LogP contribution in [-0.2, 0) is 13.0 Å². The zero-order valence-corrected chi connectivity index (χ0v) is 14.3. The monoisotopic (exact) mass is 306 g/mol. The van der Waals surface area contributed by atoms with E-state index in [-0.39, 0.29) is 0 Å². The van der Waals surface area contributed by atoms with Gasteiger partial charge in [-0.3, -0.25) is 0 Å². The number of halogens is 1. The van der Waals surface area contributed by atoms with E-state index in [1.807, 2.05) is 0 Å². The molecule has 0 saturated heterocycles. The Morgan fingerprint density at radius 3 is 2.76 bits per heavy atom. The zero-order valence-electron chi connectivity index (χ0n) is 13.5. The van der Waals surface area contributed by atoms with Crippen molar-refractivity contribution < 1.29 is 0 Å². The third kappa shape index (κ3) is 4.00. The van der Waals surface area contributed by atoms with Crippen molar-refractivity contribution in [3.8, 4) is 0 Å². The highest BCUT2D eigenvalue weighted by molar-refractivity contribution is 6.17. The Morgan fingerprint density at radius 1 is 1.29 bits per heavy atom. The summed E-state index contributed by atoms with van der Waals surface area (Å²) in [5.74, 6) is 2.51. The van der Waals surface area contributed by atoms with Crippen LogP contribution >= 0.6 is 11.6 Å². The van der Waals surface area contributed by atoms with Crippen LogP contribution in [0.4, 0.5) is 0 Å². The van der Waals surface area contributed by atoms with Crippen molar-refractivity contribution >= 4 is 22.6 Å². The SMILES string of the molecule is CCCCC(CC)Cn1c(CCCl)nc2ccc(C)cc21. The highest BCUT2D eigenvalue weighted by atomic mass is 35.5. The Kier molecular flexibility index (Phi) is 6.10. The van der Waals surface area contributed by atoms with E-state index in [2.05, 4.69) is 43.5 Å². The lowest BCUT2D eigenvalue weighted by Crippen LogP contribution is -2.13. The number of alkyl halides is 1. The first-order chi connectivity index (χ1) is 10.2. The van der Waals surface area contributed by atoms with Gasteiger partial charge < -0.3 is 4.57 Å². The highest BCUT2D eigenvalue weighted by Crippen LogP contribution is 2.23. The minimum Gasteiger partial charge on any atom is -0.328 e. The zero-order chi connectivity index (χ0) is 15.2. The Labute approximate surface area is 133 Å². The first kappa shape index (κ1) is 16.4. The molecule has 1 unspecified atom stereocenters. The highest BCUT2D eigenvalue weighted by Gasteiger charge is 2.14. The van der Waals surface area contributed by atoms with Gasteiger partial charge in [-0.15, -0.1) is 11.6 Å². The van der Waals surface area contributed by atoms with Crippen LogP contribution in [0.25, 0.3) is 11.0 Å². The summed E-state index contributed by atoms with van der Waals surface area (Å²) in [5, 5.41) is 0. The van der Waals surface area contributed by atoms with Crippen LogP contribution < -0.4 is 0 Å². The molecule has 0 aliphatic rings. The summed E-state index contributed by atoms with van der Waals surface area (Å²) in [7, 11) is 0. The van der Waals surface area contributed by atoms with Gasteiger partial charge in [0.25, 0.3) is 0 Å². The largest absolute Gasteiger partial charge is 0.328 e. The van der Waals surface area contributed by atoms with Crippen molar-refractivity contribution in [3.63, 3.8) is 0 Å². The van der Waals surface area contributed by atoms with Crippen LogP contribution in [0, 0.1) is 12.8 Å². The maximum absolute atomic E-state index is 5.97. The third-order valence-corrected chi connectivity index (χ3v) is 4.47. The van der Waals surface area contributed by atoms with Crippen LogP contribution in [0.2, 0.25) is 0 Å². The summed E-state index contributed by atoms with van der Waals surface area (Å²) in [5.41, 5.74) is 3.67. The second kappa shape index (κ2) is 7.84. The quantitative estimate of drug-likeness (QED) is 0.602. The van der Waals surface area contributed by atoms with E-state index < -0.39 is 0 Å². The van der Waals surface area contributed by atoms with Gasteiger partial charge in [0, 0.05) is 18.8 Å². The van der Waals surface area contributed by atoms with E-state index in [9.17, 15) is 0 Å². The molecule has 116 valence electrons. The number of aromatic nitrogens is 2. The van der Waals surface area contributed by atoms with Gasteiger partial charge in [0.2, 0.25) is 0 Å². The number of benzene rings is 1. The molecule has 1 aromatic heterocycles. The maximum Gasteiger partial charge on any atom is 0.111 e. The second-order valence-corrected chi connectivity index (χ2v) is 6.36. The Hall–Kier alpha value is -1.02. The van der Waals surface area contributed by atoms with Gasteiger partial charge in [0.05, 0.1) is 11.0 Å². The van der Waals surface area contributed by atoms with Crippen LogP contribution in [0.5, 0.6) is 0 Å². The van der Waals surface area contributed by atoms with E-state index in [1.54, 1.807) is 0 Å². The topological polar surface area (TPSA) is 17.8 Å². The summed E-state index contributed by atoms with van der Waals surface area (Å²) < 4.78 is 2.41. The Morgan fingerprint density at radius 2 is 2.10 bits per heavy atom. The smallest absolute Gasteiger partial charge is 0.111 e. The van der Waals surface area contributed by atoms with Crippen molar-refractivity contribution in [3.05, 3.63) is 29.6 Å². The minimum atomic E-state index is 0.633. The van der Waals surface area contributed by atoms with Crippen LogP contribution in [0.3, 0.4) is 0 Å². The molecule has 2 rings (SSSR count). The van der Waals surface area contributed by atoms with Crippen molar-refractivity contribution in [2.75, 3.05) is 5.88 Å². The Balaban J connectivity index is 2.34. The van der Waals surface area contributed by atoms with Gasteiger partial charge in [0.15, 0.2) is 0 Å². The average molecular weight is 307 g/mol. The molecule has 0 aliphatic carbocycles. The molecule has 0 bridgehead atoms. The van der Waals surface area contributed by atoms with Gasteiger partial charge in [-0.25, -0.2) is 4.98 Å². The molecule has 0 N–H and O–H groups in total. The molecule has 1 atom stereocenters. The van der Waals surface area contributed by atoms with Gasteiger partial charge in [-0.2, -0.15) is 0 Å². The molecule has 0 saturated carbocycles. The Bertz CT molecular complexity index is 574. The molecule has 1 aromatic carbocycles. The number of nitrogens with zero attached hydrogens (tertiary/aromatic N) is 2. The van der Waals surface area contributed by atoms with Crippen LogP contribution in [-0.4, -0.2) is 15.4 Å². The molecule has 0 spiro atoms. The second-order valence-electron chi connectivity index (χ2n) is 5.99. The standard InChI is InChI=1S/C18H27ClN2/c1-4-6-7-15(5-2)13-21-17-12-14(3)8-9-16(17)20-18(21)10-11-19/h8-9,12,15H,4-7,10-11,13H2,1-3H3. The molecule has 0 aliphatic heterocycles. The van der Waals surface area contributed by atoms with E-state index in [1.165, 1.54) is 36.8 Å². The molecule has 3 heteroatoms. The van der Waals surface area contributed by atoms with Gasteiger partial charge in [-0.05, 0) is 37.0 Å². The number of fused-ring (bicyclic) bond motifs is 1. The lowest BCUT2D eigenvalue weighted by atomic mass is 9.99. The van der Waals surface area contributed by atoms with Crippen molar-refractivity contribution in [1.82, 2.24) is 9.55 Å². The fourth-order valence-corrected chi connectivity index (χ4v) is 3.11. The number of hydrogen-bond donors (Lipinski definition) is 0. The number of imidazole rings is 1. The number of rotatable bonds is 8. The minimum absolute atomic E-state index is 0.633. The number of hydrogen-bond acceptors (Lipinski definition) is 1. The maximum atomic E-state index is 5.97.